The van der Waals surface area contributed by atoms with E-state index in [4.69, 9.17) is 14.5 Å². The minimum atomic E-state index is -1.15. The largest absolute Gasteiger partial charge is 0.508 e. The molecule has 0 spiro atoms. The van der Waals surface area contributed by atoms with E-state index in [2.05, 4.69) is 60.9 Å². The number of benzene rings is 2. The Kier molecular flexibility index (Phi) is 13.4. The number of piperidine rings is 1. The molecule has 15 nitrogen and oxygen atoms in total. The van der Waals surface area contributed by atoms with Crippen molar-refractivity contribution in [2.45, 2.75) is 98.0 Å². The highest BCUT2D eigenvalue weighted by Gasteiger charge is 2.61. The normalized spacial score (nSPS) is 23.5. The van der Waals surface area contributed by atoms with Gasteiger partial charge in [0, 0.05) is 80.8 Å². The Morgan fingerprint density at radius 1 is 1.09 bits per heavy atom. The van der Waals surface area contributed by atoms with E-state index in [1.807, 2.05) is 39.0 Å². The molecule has 1 unspecified atom stereocenters. The number of cyclic esters (lactones) is 1. The van der Waals surface area contributed by atoms with E-state index >= 15 is 0 Å². The lowest BCUT2D eigenvalue weighted by Gasteiger charge is -2.37. The first-order chi connectivity index (χ1) is 31.9. The number of methoxy groups -OCH3 is 1. The molecule has 3 aliphatic heterocycles. The third-order valence-electron chi connectivity index (χ3n) is 14.3. The molecule has 356 valence electrons. The van der Waals surface area contributed by atoms with Gasteiger partial charge in [-0.05, 0) is 116 Å². The summed E-state index contributed by atoms with van der Waals surface area (Å²) < 4.78 is 14.2. The zero-order chi connectivity index (χ0) is 48.1. The Morgan fingerprint density at radius 2 is 1.84 bits per heavy atom. The molecule has 1 saturated carbocycles. The van der Waals surface area contributed by atoms with Crippen molar-refractivity contribution in [3.63, 3.8) is 0 Å². The quantitative estimate of drug-likeness (QED) is 0.130. The third-order valence-corrected chi connectivity index (χ3v) is 14.3. The first-order valence-corrected chi connectivity index (χ1v) is 23.6. The molecule has 4 aliphatic rings. The number of aryl methyl sites for hydroxylation is 1. The van der Waals surface area contributed by atoms with Crippen LogP contribution < -0.4 is 10.7 Å². The molecular formula is C52H65N7O8. The zero-order valence-corrected chi connectivity index (χ0v) is 40.0. The van der Waals surface area contributed by atoms with Gasteiger partial charge in [0.2, 0.25) is 17.7 Å². The average molecular weight is 916 g/mol. The summed E-state index contributed by atoms with van der Waals surface area (Å²) in [5.41, 5.74) is 9.58. The van der Waals surface area contributed by atoms with Gasteiger partial charge in [0.05, 0.1) is 24.1 Å². The molecule has 2 aromatic heterocycles. The summed E-state index contributed by atoms with van der Waals surface area (Å²) >= 11 is 0. The number of nitrogens with zero attached hydrogens (tertiary/aromatic N) is 5. The number of aromatic nitrogens is 2. The first kappa shape index (κ1) is 47.4. The molecule has 6 bridgehead atoms. The fourth-order valence-electron chi connectivity index (χ4n) is 10.8. The summed E-state index contributed by atoms with van der Waals surface area (Å²) in [6.45, 7) is 17.5. The fraction of sp³-hybridized carbons (Fsp3) is 0.500. The number of fused-ring (bicyclic) bond motifs is 7. The molecule has 67 heavy (non-hydrogen) atoms. The van der Waals surface area contributed by atoms with Gasteiger partial charge in [-0.2, -0.15) is 0 Å². The summed E-state index contributed by atoms with van der Waals surface area (Å²) in [6, 6.07) is 12.6. The van der Waals surface area contributed by atoms with Crippen LogP contribution in [0, 0.1) is 29.1 Å². The topological polar surface area (TPSA) is 176 Å². The summed E-state index contributed by atoms with van der Waals surface area (Å²) in [7, 11) is 3.30. The number of pyridine rings is 1. The third kappa shape index (κ3) is 9.32. The molecule has 15 heteroatoms. The second-order valence-corrected chi connectivity index (χ2v) is 20.0. The van der Waals surface area contributed by atoms with Gasteiger partial charge < -0.3 is 34.3 Å². The Labute approximate surface area is 392 Å². The summed E-state index contributed by atoms with van der Waals surface area (Å²) in [5.74, 6) is -2.35. The summed E-state index contributed by atoms with van der Waals surface area (Å²) in [4.78, 5) is 77.5. The van der Waals surface area contributed by atoms with Gasteiger partial charge in [0.25, 0.3) is 5.91 Å². The van der Waals surface area contributed by atoms with Gasteiger partial charge in [-0.3, -0.25) is 34.0 Å². The van der Waals surface area contributed by atoms with Crippen molar-refractivity contribution in [1.29, 1.82) is 0 Å². The Morgan fingerprint density at radius 3 is 2.52 bits per heavy atom. The molecule has 4 amide bonds. The van der Waals surface area contributed by atoms with E-state index in [0.717, 1.165) is 44.5 Å². The van der Waals surface area contributed by atoms with E-state index in [1.165, 1.54) is 16.0 Å². The molecule has 0 radical (unpaired) electrons. The van der Waals surface area contributed by atoms with Crippen LogP contribution in [0.4, 0.5) is 0 Å². The van der Waals surface area contributed by atoms with Crippen LogP contribution in [0.15, 0.2) is 67.4 Å². The molecular weight excluding hydrogens is 851 g/mol. The summed E-state index contributed by atoms with van der Waals surface area (Å²) in [5, 5.41) is 16.8. The number of ether oxygens (including phenoxy) is 2. The van der Waals surface area contributed by atoms with Crippen molar-refractivity contribution < 1.29 is 38.6 Å². The highest BCUT2D eigenvalue weighted by atomic mass is 16.5. The number of amides is 4. The number of carbonyl (C=O) groups excluding carboxylic acids is 5. The average Bonchev–Trinajstić information content (AvgIpc) is 3.64. The fourth-order valence-corrected chi connectivity index (χ4v) is 10.8. The molecule has 7 atom stereocenters. The molecule has 2 saturated heterocycles. The van der Waals surface area contributed by atoms with Crippen LogP contribution in [0.2, 0.25) is 0 Å². The van der Waals surface area contributed by atoms with Crippen molar-refractivity contribution in [1.82, 2.24) is 35.1 Å². The maximum Gasteiger partial charge on any atom is 0.324 e. The predicted octanol–water partition coefficient (Wildman–Crippen LogP) is 5.83. The lowest BCUT2D eigenvalue weighted by molar-refractivity contribution is -0.155. The smallest absolute Gasteiger partial charge is 0.324 e. The number of rotatable bonds is 10. The SMILES string of the molecule is C=CC(=O)N1C[C@@H]2C(C(=O)N(C)[C@H](C(=O)N[C@H]3Cc4cc(O)cc(c4)-c4ccc5c(c4)c(c(-c4cccnc4[C@H](C)OC)n5CC)CC(C)(C)COC(=O)[C@@H]4CCCN(N4)C3=O)C(C)C)[C@@H]2C1. The molecule has 3 fully saturated rings. The molecule has 3 N–H and O–H groups in total. The van der Waals surface area contributed by atoms with Crippen LogP contribution in [-0.2, 0) is 52.8 Å². The van der Waals surface area contributed by atoms with Crippen LogP contribution in [0.3, 0.4) is 0 Å². The number of phenolic OH excluding ortho intramolecular Hbond substituents is 1. The van der Waals surface area contributed by atoms with Crippen molar-refractivity contribution in [3.8, 4) is 28.1 Å². The number of carbonyl (C=O) groups is 5. The Balaban J connectivity index is 1.18. The van der Waals surface area contributed by atoms with Crippen molar-refractivity contribution in [2.75, 3.05) is 40.4 Å². The van der Waals surface area contributed by atoms with Crippen molar-refractivity contribution in [3.05, 3.63) is 84.2 Å². The molecule has 1 aliphatic carbocycles. The number of esters is 1. The number of aromatic hydroxyl groups is 1. The molecule has 8 rings (SSSR count). The van der Waals surface area contributed by atoms with Crippen LogP contribution in [0.5, 0.6) is 5.75 Å². The zero-order valence-electron chi connectivity index (χ0n) is 40.0. The highest BCUT2D eigenvalue weighted by molar-refractivity contribution is 5.96. The lowest BCUT2D eigenvalue weighted by atomic mass is 9.84. The molecule has 4 aromatic rings. The van der Waals surface area contributed by atoms with E-state index in [1.54, 1.807) is 37.4 Å². The number of likely N-dealkylation sites (N-methyl/N-ethyl adjacent to an activating group) is 1. The number of hydrogen-bond acceptors (Lipinski definition) is 10. The van der Waals surface area contributed by atoms with Gasteiger partial charge >= 0.3 is 5.97 Å². The lowest BCUT2D eigenvalue weighted by Crippen LogP contribution is -2.62. The standard InChI is InChI=1S/C52H65N7O8/c1-10-43(61)57-26-38-39(27-57)44(38)50(64)56(8)46(29(3)4)48(62)54-41-22-31-20-33(23-34(60)21-31)32-16-17-42-36(24-32)37(47(58(42)11-2)35-14-12-18-53-45(35)30(5)66-9)25-52(6,7)28-67-51(65)40-15-13-19-59(55-40)49(41)63/h10,12,14,16-18,20-21,23-24,29-30,38-41,44,46,55,60H,1,11,13,15,19,22,25-28H2,2-9H3,(H,54,62)/t30-,38-,39+,40-,41-,44?,46-/m0/s1. The van der Waals surface area contributed by atoms with Crippen LogP contribution >= 0.6 is 0 Å². The van der Waals surface area contributed by atoms with E-state index in [0.29, 0.717) is 44.5 Å². The first-order valence-electron chi connectivity index (χ1n) is 23.6. The maximum atomic E-state index is 14.7. The van der Waals surface area contributed by atoms with Gasteiger partial charge in [-0.25, -0.2) is 5.43 Å². The second kappa shape index (κ2) is 18.9. The monoisotopic (exact) mass is 915 g/mol. The van der Waals surface area contributed by atoms with Crippen LogP contribution in [0.1, 0.15) is 77.3 Å². The molecule has 5 heterocycles. The van der Waals surface area contributed by atoms with Gasteiger partial charge in [-0.1, -0.05) is 46.4 Å². The number of hydrazine groups is 1. The minimum Gasteiger partial charge on any atom is -0.508 e. The number of nitrogens with one attached hydrogen (secondary N) is 2. The number of hydrogen-bond donors (Lipinski definition) is 3. The van der Waals surface area contributed by atoms with Crippen LogP contribution in [-0.4, -0.2) is 118 Å². The van der Waals surface area contributed by atoms with Gasteiger partial charge in [-0.15, -0.1) is 0 Å². The van der Waals surface area contributed by atoms with Crippen molar-refractivity contribution in [2.24, 2.45) is 29.1 Å². The predicted molar refractivity (Wildman–Crippen MR) is 254 cm³/mol. The highest BCUT2D eigenvalue weighted by Crippen LogP contribution is 2.53. The Hall–Kier alpha value is -6.06. The van der Waals surface area contributed by atoms with E-state index in [9.17, 15) is 29.1 Å². The number of likely N-dealkylation sites (tertiary alicyclic amines) is 1. The van der Waals surface area contributed by atoms with E-state index in [-0.39, 0.29) is 66.9 Å². The van der Waals surface area contributed by atoms with Crippen LogP contribution in [0.25, 0.3) is 33.3 Å². The minimum absolute atomic E-state index is 0.00118. The Bertz CT molecular complexity index is 2590. The van der Waals surface area contributed by atoms with E-state index < -0.39 is 41.3 Å². The number of phenols is 1. The molecule has 2 aromatic carbocycles. The van der Waals surface area contributed by atoms with Crippen molar-refractivity contribution >= 4 is 40.5 Å². The van der Waals surface area contributed by atoms with Gasteiger partial charge in [0.15, 0.2) is 0 Å². The van der Waals surface area contributed by atoms with Gasteiger partial charge in [0.1, 0.15) is 23.9 Å². The second-order valence-electron chi connectivity index (χ2n) is 20.0. The maximum absolute atomic E-state index is 14.7. The summed E-state index contributed by atoms with van der Waals surface area (Å²) in [6.07, 6.45) is 4.28.